The molecule has 1 aromatic carbocycles. The minimum atomic E-state index is -0.127. The van der Waals surface area contributed by atoms with Crippen molar-refractivity contribution in [1.82, 2.24) is 0 Å². The number of para-hydroxylation sites is 1. The van der Waals surface area contributed by atoms with Crippen molar-refractivity contribution in [3.63, 3.8) is 0 Å². The van der Waals surface area contributed by atoms with Crippen LogP contribution in [-0.4, -0.2) is 6.04 Å². The zero-order chi connectivity index (χ0) is 16.9. The molecule has 0 fully saturated rings. The molecule has 1 aliphatic carbocycles. The zero-order valence-corrected chi connectivity index (χ0v) is 14.1. The summed E-state index contributed by atoms with van der Waals surface area (Å²) in [6.07, 6.45) is 6.33. The lowest BCUT2D eigenvalue weighted by molar-refractivity contribution is 0.457. The van der Waals surface area contributed by atoms with Crippen LogP contribution in [-0.2, 0) is 0 Å². The number of allylic oxidation sites excluding steroid dienone is 3. The van der Waals surface area contributed by atoms with Gasteiger partial charge in [0.2, 0.25) is 0 Å². The maximum Gasteiger partial charge on any atom is 0.0953 e. The predicted molar refractivity (Wildman–Crippen MR) is 93.4 cm³/mol. The molecule has 0 heterocycles. The van der Waals surface area contributed by atoms with Crippen molar-refractivity contribution in [2.75, 3.05) is 4.90 Å². The molecule has 0 saturated carbocycles. The topological polar surface area (TPSA) is 50.8 Å². The summed E-state index contributed by atoms with van der Waals surface area (Å²) in [5.74, 6) is 0. The van der Waals surface area contributed by atoms with Crippen LogP contribution < -0.4 is 4.90 Å². The minimum absolute atomic E-state index is 0.103. The Morgan fingerprint density at radius 3 is 2.48 bits per heavy atom. The standard InChI is InChI=1S/C20H23N3/c1-4-17(11-13-21)23(18-8-6-5-7-9-18)19-10-12-20(2,3)16(14-19)15-22/h5-10,14,17H,4,11-12H2,1-3H3. The molecule has 2 rings (SSSR count). The van der Waals surface area contributed by atoms with Crippen molar-refractivity contribution < 1.29 is 0 Å². The molecular formula is C20H23N3. The van der Waals surface area contributed by atoms with Gasteiger partial charge in [-0.2, -0.15) is 10.5 Å². The van der Waals surface area contributed by atoms with E-state index < -0.39 is 0 Å². The number of rotatable bonds is 5. The third-order valence-electron chi connectivity index (χ3n) is 4.44. The fraction of sp³-hybridized carbons (Fsp3) is 0.400. The van der Waals surface area contributed by atoms with E-state index >= 15 is 0 Å². The van der Waals surface area contributed by atoms with Crippen molar-refractivity contribution in [3.05, 3.63) is 53.8 Å². The van der Waals surface area contributed by atoms with E-state index in [0.717, 1.165) is 29.8 Å². The Hall–Kier alpha value is -2.52. The number of nitrogens with zero attached hydrogens (tertiary/aromatic N) is 3. The molecule has 0 aliphatic heterocycles. The Morgan fingerprint density at radius 1 is 1.22 bits per heavy atom. The van der Waals surface area contributed by atoms with Gasteiger partial charge in [-0.1, -0.05) is 45.0 Å². The molecule has 3 heteroatoms. The van der Waals surface area contributed by atoms with Gasteiger partial charge in [0.25, 0.3) is 0 Å². The van der Waals surface area contributed by atoms with Gasteiger partial charge >= 0.3 is 0 Å². The van der Waals surface area contributed by atoms with E-state index in [4.69, 9.17) is 0 Å². The normalized spacial score (nSPS) is 17.3. The second kappa shape index (κ2) is 7.16. The first-order valence-corrected chi connectivity index (χ1v) is 8.07. The molecule has 1 atom stereocenters. The average Bonchev–Trinajstić information content (AvgIpc) is 2.56. The molecule has 23 heavy (non-hydrogen) atoms. The van der Waals surface area contributed by atoms with Crippen molar-refractivity contribution in [2.24, 2.45) is 5.41 Å². The summed E-state index contributed by atoms with van der Waals surface area (Å²) in [6.45, 7) is 6.28. The Kier molecular flexibility index (Phi) is 5.24. The van der Waals surface area contributed by atoms with Crippen LogP contribution in [0, 0.1) is 28.1 Å². The van der Waals surface area contributed by atoms with E-state index in [2.05, 4.69) is 56.0 Å². The Bertz CT molecular complexity index is 684. The molecule has 1 aromatic rings. The first-order valence-electron chi connectivity index (χ1n) is 8.07. The maximum atomic E-state index is 9.48. The largest absolute Gasteiger partial charge is 0.338 e. The number of nitriles is 2. The smallest absolute Gasteiger partial charge is 0.0953 e. The number of anilines is 1. The average molecular weight is 305 g/mol. The van der Waals surface area contributed by atoms with Crippen LogP contribution in [0.15, 0.2) is 53.8 Å². The van der Waals surface area contributed by atoms with Crippen molar-refractivity contribution in [1.29, 1.82) is 10.5 Å². The third-order valence-corrected chi connectivity index (χ3v) is 4.44. The predicted octanol–water partition coefficient (Wildman–Crippen LogP) is 4.95. The Balaban J connectivity index is 2.48. The SMILES string of the molecule is CCC(CC#N)N(C1=CCC(C)(C)C(C#N)=C1)c1ccccc1. The highest BCUT2D eigenvalue weighted by Crippen LogP contribution is 2.38. The monoisotopic (exact) mass is 305 g/mol. The molecule has 0 bridgehead atoms. The van der Waals surface area contributed by atoms with Crippen molar-refractivity contribution in [2.45, 2.75) is 46.1 Å². The molecule has 0 spiro atoms. The van der Waals surface area contributed by atoms with Gasteiger partial charge in [-0.05, 0) is 31.1 Å². The lowest BCUT2D eigenvalue weighted by atomic mass is 9.78. The fourth-order valence-electron chi connectivity index (χ4n) is 2.91. The highest BCUT2D eigenvalue weighted by Gasteiger charge is 2.29. The molecule has 1 unspecified atom stereocenters. The Labute approximate surface area is 139 Å². The number of hydrogen-bond donors (Lipinski definition) is 0. The lowest BCUT2D eigenvalue weighted by Gasteiger charge is -2.36. The van der Waals surface area contributed by atoms with Gasteiger partial charge in [-0.15, -0.1) is 0 Å². The van der Waals surface area contributed by atoms with Gasteiger partial charge < -0.3 is 4.90 Å². The summed E-state index contributed by atoms with van der Waals surface area (Å²) in [7, 11) is 0. The summed E-state index contributed by atoms with van der Waals surface area (Å²) in [5, 5.41) is 18.7. The molecule has 118 valence electrons. The Morgan fingerprint density at radius 2 is 1.91 bits per heavy atom. The second-order valence-electron chi connectivity index (χ2n) is 6.52. The highest BCUT2D eigenvalue weighted by molar-refractivity contribution is 5.58. The van der Waals surface area contributed by atoms with Gasteiger partial charge in [-0.25, -0.2) is 0 Å². The summed E-state index contributed by atoms with van der Waals surface area (Å²) in [4.78, 5) is 2.20. The minimum Gasteiger partial charge on any atom is -0.338 e. The first-order chi connectivity index (χ1) is 11.0. The molecule has 0 saturated heterocycles. The molecule has 0 aromatic heterocycles. The lowest BCUT2D eigenvalue weighted by Crippen LogP contribution is -2.35. The van der Waals surface area contributed by atoms with Crippen LogP contribution in [0.5, 0.6) is 0 Å². The van der Waals surface area contributed by atoms with Gasteiger partial charge in [0.1, 0.15) is 0 Å². The van der Waals surface area contributed by atoms with E-state index in [1.165, 1.54) is 0 Å². The van der Waals surface area contributed by atoms with E-state index in [0.29, 0.717) is 6.42 Å². The van der Waals surface area contributed by atoms with Crippen molar-refractivity contribution >= 4 is 5.69 Å². The summed E-state index contributed by atoms with van der Waals surface area (Å²) in [6, 6.07) is 14.9. The van der Waals surface area contributed by atoms with Gasteiger partial charge in [0, 0.05) is 28.4 Å². The van der Waals surface area contributed by atoms with Crippen LogP contribution in [0.1, 0.15) is 40.0 Å². The molecule has 0 amide bonds. The summed E-state index contributed by atoms with van der Waals surface area (Å²) >= 11 is 0. The maximum absolute atomic E-state index is 9.48. The van der Waals surface area contributed by atoms with Crippen LogP contribution in [0.3, 0.4) is 0 Å². The quantitative estimate of drug-likeness (QED) is 0.773. The second-order valence-corrected chi connectivity index (χ2v) is 6.52. The zero-order valence-electron chi connectivity index (χ0n) is 14.1. The molecule has 0 N–H and O–H groups in total. The van der Waals surface area contributed by atoms with Gasteiger partial charge in [0.05, 0.1) is 18.6 Å². The molecular weight excluding hydrogens is 282 g/mol. The molecule has 1 aliphatic rings. The van der Waals surface area contributed by atoms with E-state index in [1.54, 1.807) is 0 Å². The third kappa shape index (κ3) is 3.63. The molecule has 0 radical (unpaired) electrons. The molecule has 3 nitrogen and oxygen atoms in total. The summed E-state index contributed by atoms with van der Waals surface area (Å²) < 4.78 is 0. The first kappa shape index (κ1) is 16.8. The van der Waals surface area contributed by atoms with E-state index in [9.17, 15) is 10.5 Å². The van der Waals surface area contributed by atoms with E-state index in [1.807, 2.05) is 24.3 Å². The number of benzene rings is 1. The van der Waals surface area contributed by atoms with Crippen LogP contribution >= 0.6 is 0 Å². The van der Waals surface area contributed by atoms with Crippen LogP contribution in [0.2, 0.25) is 0 Å². The number of hydrogen-bond acceptors (Lipinski definition) is 3. The van der Waals surface area contributed by atoms with Gasteiger partial charge in [-0.3, -0.25) is 0 Å². The van der Waals surface area contributed by atoms with E-state index in [-0.39, 0.29) is 11.5 Å². The summed E-state index contributed by atoms with van der Waals surface area (Å²) in [5.41, 5.74) is 2.75. The van der Waals surface area contributed by atoms with Crippen LogP contribution in [0.4, 0.5) is 5.69 Å². The van der Waals surface area contributed by atoms with Crippen molar-refractivity contribution in [3.8, 4) is 12.1 Å². The van der Waals surface area contributed by atoms with Crippen LogP contribution in [0.25, 0.3) is 0 Å². The van der Waals surface area contributed by atoms with Gasteiger partial charge in [0.15, 0.2) is 0 Å². The highest BCUT2D eigenvalue weighted by atomic mass is 15.2. The fourth-order valence-corrected chi connectivity index (χ4v) is 2.91.